The van der Waals surface area contributed by atoms with E-state index < -0.39 is 111 Å². The number of hydrogen-bond acceptors (Lipinski definition) is 26. The van der Waals surface area contributed by atoms with Gasteiger partial charge in [-0.2, -0.15) is 0 Å². The van der Waals surface area contributed by atoms with Gasteiger partial charge in [0.05, 0.1) is 111 Å². The summed E-state index contributed by atoms with van der Waals surface area (Å²) in [6.07, 6.45) is 1.90. The number of nitrogens with one attached hydrogen (secondary N) is 2. The zero-order chi connectivity index (χ0) is 83.0. The SMILES string of the molecule is CCN(CC)c1ccc2c(c1)Oc1cc(N(CC)CC)ccc1C2c1ccccc1C(=O)OCCOCCn1cc(CNC(=O)C[C@]2(C)/C3=C(\C)C4=N[C@@](C)(C5N=C(C(C)=C6N=C(C=C(N3)[C@@]2(O)CCC(=O)OC)C(C)(C)[C@@H]6CCC(=O)OC)[C@](C)(CCC(=O)OC)[C@H]5CC(=O)OC)[C@@](C)(CC(=O)OC)[C@@H]4CCC(=O)OC)nn1. The van der Waals surface area contributed by atoms with Gasteiger partial charge in [0.25, 0.3) is 0 Å². The number of hydrogen-bond donors (Lipinski definition) is 3. The maximum absolute atomic E-state index is 15.2. The molecular formula is C86H114N10O18. The van der Waals surface area contributed by atoms with E-state index in [1.807, 2.05) is 59.7 Å². The quantitative estimate of drug-likeness (QED) is 0.0196. The highest BCUT2D eigenvalue weighted by Gasteiger charge is 2.68. The van der Waals surface area contributed by atoms with Crippen LogP contribution in [-0.4, -0.2) is 191 Å². The molecule has 7 heterocycles. The molecule has 10 rings (SSSR count). The fourth-order valence-electron chi connectivity index (χ4n) is 18.4. The zero-order valence-corrected chi connectivity index (χ0v) is 69.4. The third-order valence-corrected chi connectivity index (χ3v) is 25.4. The number of rotatable bonds is 34. The molecule has 4 aromatic rings. The van der Waals surface area contributed by atoms with Crippen LogP contribution in [0.4, 0.5) is 11.4 Å². The zero-order valence-electron chi connectivity index (χ0n) is 69.4. The minimum absolute atomic E-state index is 0.0273. The van der Waals surface area contributed by atoms with E-state index in [9.17, 15) is 38.7 Å². The van der Waals surface area contributed by atoms with Crippen LogP contribution >= 0.6 is 0 Å². The summed E-state index contributed by atoms with van der Waals surface area (Å²) in [5, 5.41) is 29.5. The summed E-state index contributed by atoms with van der Waals surface area (Å²) in [5.74, 6) is -5.53. The van der Waals surface area contributed by atoms with Crippen LogP contribution in [0.3, 0.4) is 0 Å². The van der Waals surface area contributed by atoms with Crippen LogP contribution in [0.1, 0.15) is 192 Å². The molecular weight excluding hydrogens is 1460 g/mol. The molecule has 114 heavy (non-hydrogen) atoms. The van der Waals surface area contributed by atoms with Crippen molar-refractivity contribution < 1.29 is 86.1 Å². The smallest absolute Gasteiger partial charge is 0.338 e. The first-order valence-electron chi connectivity index (χ1n) is 39.5. The van der Waals surface area contributed by atoms with Gasteiger partial charge in [0.1, 0.15) is 29.4 Å². The van der Waals surface area contributed by atoms with Gasteiger partial charge in [-0.15, -0.1) is 5.10 Å². The third kappa shape index (κ3) is 16.7. The number of aliphatic hydroxyl groups is 1. The Hall–Kier alpha value is -10.1. The van der Waals surface area contributed by atoms with Gasteiger partial charge >= 0.3 is 41.8 Å². The van der Waals surface area contributed by atoms with Crippen LogP contribution in [0, 0.1) is 39.4 Å². The van der Waals surface area contributed by atoms with Crippen molar-refractivity contribution in [3.8, 4) is 11.5 Å². The van der Waals surface area contributed by atoms with Crippen LogP contribution in [0.5, 0.6) is 11.5 Å². The molecule has 1 saturated heterocycles. The van der Waals surface area contributed by atoms with E-state index in [4.69, 9.17) is 57.6 Å². The minimum atomic E-state index is -2.14. The highest BCUT2D eigenvalue weighted by atomic mass is 16.6. The second-order valence-corrected chi connectivity index (χ2v) is 31.7. The summed E-state index contributed by atoms with van der Waals surface area (Å²) in [6.45, 7) is 27.2. The molecule has 0 radical (unpaired) electrons. The second kappa shape index (κ2) is 35.7. The predicted octanol–water partition coefficient (Wildman–Crippen LogP) is 11.2. The number of allylic oxidation sites excluding steroid dienone is 4. The third-order valence-electron chi connectivity index (χ3n) is 25.4. The molecule has 8 bridgehead atoms. The highest BCUT2D eigenvalue weighted by molar-refractivity contribution is 6.10. The average molecular weight is 1580 g/mol. The predicted molar refractivity (Wildman–Crippen MR) is 428 cm³/mol. The number of anilines is 2. The van der Waals surface area contributed by atoms with Gasteiger partial charge in [0.2, 0.25) is 5.91 Å². The van der Waals surface area contributed by atoms with Gasteiger partial charge in [0, 0.05) is 167 Å². The van der Waals surface area contributed by atoms with Crippen molar-refractivity contribution in [2.24, 2.45) is 54.4 Å². The van der Waals surface area contributed by atoms with Crippen LogP contribution in [0.2, 0.25) is 0 Å². The van der Waals surface area contributed by atoms with Gasteiger partial charge in [0.15, 0.2) is 0 Å². The molecule has 3 N–H and O–H groups in total. The van der Waals surface area contributed by atoms with Crippen molar-refractivity contribution in [1.82, 2.24) is 25.6 Å². The maximum Gasteiger partial charge on any atom is 0.338 e. The number of fused-ring (bicyclic) bond motifs is 8. The van der Waals surface area contributed by atoms with Crippen molar-refractivity contribution >= 4 is 76.2 Å². The van der Waals surface area contributed by atoms with Crippen molar-refractivity contribution in [1.29, 1.82) is 0 Å². The summed E-state index contributed by atoms with van der Waals surface area (Å²) < 4.78 is 52.2. The number of carbonyl (C=O) groups excluding carboxylic acids is 8. The minimum Gasteiger partial charge on any atom is -0.469 e. The molecule has 616 valence electrons. The normalized spacial score (nSPS) is 25.0. The lowest BCUT2D eigenvalue weighted by Crippen LogP contribution is -2.55. The van der Waals surface area contributed by atoms with Gasteiger partial charge < -0.3 is 68.2 Å². The Balaban J connectivity index is 0.957. The topological polar surface area (TPSA) is 338 Å². The van der Waals surface area contributed by atoms with Gasteiger partial charge in [-0.25, -0.2) is 9.48 Å². The number of amides is 1. The highest BCUT2D eigenvalue weighted by Crippen LogP contribution is 2.63. The number of aliphatic imine (C=N–C) groups is 3. The lowest BCUT2D eigenvalue weighted by atomic mass is 9.55. The average Bonchev–Trinajstić information content (AvgIpc) is 1.52. The molecule has 0 saturated carbocycles. The van der Waals surface area contributed by atoms with Crippen molar-refractivity contribution in [3.63, 3.8) is 0 Å². The van der Waals surface area contributed by atoms with Crippen LogP contribution in [0.15, 0.2) is 116 Å². The van der Waals surface area contributed by atoms with E-state index in [2.05, 4.69) is 94.8 Å². The Kier molecular flexibility index (Phi) is 27.1. The number of nitrogens with zero attached hydrogens (tertiary/aromatic N) is 8. The molecule has 6 aliphatic rings. The molecule has 1 aromatic heterocycles. The summed E-state index contributed by atoms with van der Waals surface area (Å²) in [6, 6.07) is 19.1. The van der Waals surface area contributed by atoms with Gasteiger partial charge in [-0.05, 0) is 115 Å². The molecule has 28 nitrogen and oxygen atoms in total. The molecule has 0 spiro atoms. The first-order valence-corrected chi connectivity index (χ1v) is 39.5. The fraction of sp³-hybridized carbons (Fsp3) is 0.570. The largest absolute Gasteiger partial charge is 0.469 e. The van der Waals surface area contributed by atoms with Gasteiger partial charge in [-0.3, -0.25) is 48.5 Å². The Morgan fingerprint density at radius 3 is 1.81 bits per heavy atom. The lowest BCUT2D eigenvalue weighted by molar-refractivity contribution is -0.147. The molecule has 6 aliphatic heterocycles. The molecule has 1 fully saturated rings. The standard InChI is InChI=1S/C86H114N10O18/c1-19-94(20-2)54-27-29-58-63(43-54)114-64-44-55(95(21-3)22-4)28-30-59(64)74(58)56-25-23-24-26-57(56)80(104)113-42-41-112-40-39-96-50-53(92-93-96)49-87-67(97)47-84(11)78-52(6)76-61(32-34-69(99)107-14)83(10,48-73(103)111-18)85(12,91-76)79-62(45-72(102)110-17)82(9,37-35-70(100)108-15)77(90-79)51(5)75-60(31-33-68(98)106-13)81(7,8)65(88-75)46-66(89-78)86(84,105)38-36-71(101)109-16/h23-30,43-44,46,50,60-62,74,79,89,105H,19-22,31-42,45,47-49H2,1-18H3,(H,87,97)/b66-46?,75-51?,78-52-/t60-,61-,62+,79?,82-,83+,84-,85+,86+/m1/s1. The van der Waals surface area contributed by atoms with E-state index in [-0.39, 0.29) is 109 Å². The van der Waals surface area contributed by atoms with Crippen LogP contribution < -0.4 is 25.2 Å². The Bertz CT molecular complexity index is 4470. The number of ether oxygens (including phenoxy) is 9. The molecule has 28 heteroatoms. The Labute approximate surface area is 668 Å². The molecule has 3 aromatic carbocycles. The van der Waals surface area contributed by atoms with Crippen LogP contribution in [-0.2, 0) is 84.5 Å². The van der Waals surface area contributed by atoms with Crippen molar-refractivity contribution in [2.75, 3.05) is 98.5 Å². The Morgan fingerprint density at radius 1 is 0.649 bits per heavy atom. The van der Waals surface area contributed by atoms with E-state index in [1.54, 1.807) is 36.9 Å². The first-order chi connectivity index (χ1) is 54.3. The summed E-state index contributed by atoms with van der Waals surface area (Å²) in [4.78, 5) is 133. The maximum atomic E-state index is 15.2. The first kappa shape index (κ1) is 86.3. The van der Waals surface area contributed by atoms with E-state index in [1.165, 1.54) is 42.7 Å². The second-order valence-electron chi connectivity index (χ2n) is 31.7. The summed E-state index contributed by atoms with van der Waals surface area (Å²) in [5.41, 5.74) is -0.0129. The molecule has 9 atom stereocenters. The van der Waals surface area contributed by atoms with E-state index >= 15 is 4.79 Å². The number of methoxy groups -OCH3 is 6. The van der Waals surface area contributed by atoms with Crippen LogP contribution in [0.25, 0.3) is 0 Å². The fourth-order valence-corrected chi connectivity index (χ4v) is 18.4. The number of carbonyl (C=O) groups is 8. The monoisotopic (exact) mass is 1570 g/mol. The van der Waals surface area contributed by atoms with Crippen molar-refractivity contribution in [3.05, 3.63) is 129 Å². The van der Waals surface area contributed by atoms with E-state index in [0.29, 0.717) is 50.9 Å². The number of benzene rings is 3. The number of esters is 7. The molecule has 1 unspecified atom stereocenters. The summed E-state index contributed by atoms with van der Waals surface area (Å²) in [7, 11) is 7.68. The lowest BCUT2D eigenvalue weighted by Gasteiger charge is -2.48. The number of aromatic nitrogens is 3. The van der Waals surface area contributed by atoms with Gasteiger partial charge in [-0.1, -0.05) is 70.2 Å². The Morgan fingerprint density at radius 2 is 1.22 bits per heavy atom. The van der Waals surface area contributed by atoms with E-state index in [0.717, 1.165) is 65.7 Å². The molecule has 1 amide bonds. The molecule has 0 aliphatic carbocycles. The van der Waals surface area contributed by atoms with Crippen molar-refractivity contribution in [2.45, 2.75) is 190 Å². The summed E-state index contributed by atoms with van der Waals surface area (Å²) >= 11 is 0.